The SMILES string of the molecule is CCCC(C#N)N1CCN(C(=O)c2ccc(Cl)nn2)CC1. The zero-order chi connectivity index (χ0) is 15.2. The van der Waals surface area contributed by atoms with Gasteiger partial charge in [-0.1, -0.05) is 24.9 Å². The lowest BCUT2D eigenvalue weighted by Gasteiger charge is -2.36. The van der Waals surface area contributed by atoms with Gasteiger partial charge in [0.25, 0.3) is 5.91 Å². The van der Waals surface area contributed by atoms with E-state index in [1.165, 1.54) is 0 Å². The molecule has 1 fully saturated rings. The molecule has 1 unspecified atom stereocenters. The molecule has 0 saturated carbocycles. The Bertz CT molecular complexity index is 519. The van der Waals surface area contributed by atoms with Crippen molar-refractivity contribution in [1.29, 1.82) is 5.26 Å². The van der Waals surface area contributed by atoms with Crippen LogP contribution in [0.1, 0.15) is 30.3 Å². The molecule has 6 nitrogen and oxygen atoms in total. The molecule has 1 aromatic rings. The molecule has 1 amide bonds. The first-order valence-corrected chi connectivity index (χ1v) is 7.45. The number of halogens is 1. The van der Waals surface area contributed by atoms with E-state index in [0.29, 0.717) is 31.9 Å². The van der Waals surface area contributed by atoms with Gasteiger partial charge in [0.1, 0.15) is 0 Å². The smallest absolute Gasteiger partial charge is 0.274 e. The fourth-order valence-corrected chi connectivity index (χ4v) is 2.53. The average molecular weight is 308 g/mol. The highest BCUT2D eigenvalue weighted by Crippen LogP contribution is 2.13. The molecular formula is C14H18ClN5O. The number of hydrogen-bond acceptors (Lipinski definition) is 5. The number of aromatic nitrogens is 2. The van der Waals surface area contributed by atoms with Crippen LogP contribution in [0.15, 0.2) is 12.1 Å². The van der Waals surface area contributed by atoms with Gasteiger partial charge in [-0.2, -0.15) is 5.26 Å². The van der Waals surface area contributed by atoms with E-state index in [0.717, 1.165) is 12.8 Å². The Hall–Kier alpha value is -1.71. The van der Waals surface area contributed by atoms with E-state index in [4.69, 9.17) is 11.6 Å². The van der Waals surface area contributed by atoms with Crippen LogP contribution in [0.25, 0.3) is 0 Å². The van der Waals surface area contributed by atoms with Gasteiger partial charge >= 0.3 is 0 Å². The first-order valence-electron chi connectivity index (χ1n) is 7.08. The van der Waals surface area contributed by atoms with E-state index in [2.05, 4.69) is 28.1 Å². The van der Waals surface area contributed by atoms with E-state index in [1.54, 1.807) is 17.0 Å². The van der Waals surface area contributed by atoms with Crippen LogP contribution in [-0.4, -0.2) is 58.1 Å². The van der Waals surface area contributed by atoms with Crippen LogP contribution in [0.2, 0.25) is 5.15 Å². The summed E-state index contributed by atoms with van der Waals surface area (Å²) >= 11 is 5.67. The second-order valence-corrected chi connectivity index (χ2v) is 5.39. The van der Waals surface area contributed by atoms with Gasteiger partial charge in [0.05, 0.1) is 12.1 Å². The Balaban J connectivity index is 1.93. The fraction of sp³-hybridized carbons (Fsp3) is 0.571. The normalized spacial score (nSPS) is 17.3. The summed E-state index contributed by atoms with van der Waals surface area (Å²) in [4.78, 5) is 16.2. The summed E-state index contributed by atoms with van der Waals surface area (Å²) in [6.45, 7) is 4.70. The van der Waals surface area contributed by atoms with Gasteiger partial charge in [-0.05, 0) is 18.6 Å². The van der Waals surface area contributed by atoms with E-state index >= 15 is 0 Å². The number of carbonyl (C=O) groups excluding carboxylic acids is 1. The third-order valence-corrected chi connectivity index (χ3v) is 3.81. The average Bonchev–Trinajstić information content (AvgIpc) is 2.53. The Labute approximate surface area is 129 Å². The summed E-state index contributed by atoms with van der Waals surface area (Å²) < 4.78 is 0. The molecule has 1 aliphatic heterocycles. The van der Waals surface area contributed by atoms with Crippen molar-refractivity contribution in [3.05, 3.63) is 23.0 Å². The minimum atomic E-state index is -0.136. The largest absolute Gasteiger partial charge is 0.335 e. The van der Waals surface area contributed by atoms with Crippen molar-refractivity contribution in [1.82, 2.24) is 20.0 Å². The Morgan fingerprint density at radius 1 is 1.38 bits per heavy atom. The number of nitriles is 1. The molecule has 2 heterocycles. The molecule has 21 heavy (non-hydrogen) atoms. The zero-order valence-electron chi connectivity index (χ0n) is 12.0. The Morgan fingerprint density at radius 3 is 2.62 bits per heavy atom. The summed E-state index contributed by atoms with van der Waals surface area (Å²) in [6, 6.07) is 5.43. The minimum Gasteiger partial charge on any atom is -0.335 e. The van der Waals surface area contributed by atoms with E-state index in [1.807, 2.05) is 0 Å². The molecule has 1 saturated heterocycles. The zero-order valence-corrected chi connectivity index (χ0v) is 12.8. The fourth-order valence-electron chi connectivity index (χ4n) is 2.43. The summed E-state index contributed by atoms with van der Waals surface area (Å²) in [6.07, 6.45) is 1.85. The molecule has 7 heteroatoms. The number of carbonyl (C=O) groups is 1. The maximum Gasteiger partial charge on any atom is 0.274 e. The molecule has 2 rings (SSSR count). The molecule has 0 spiro atoms. The highest BCUT2D eigenvalue weighted by atomic mass is 35.5. The summed E-state index contributed by atoms with van der Waals surface area (Å²) in [5.41, 5.74) is 0.304. The lowest BCUT2D eigenvalue weighted by molar-refractivity contribution is 0.0594. The number of piperazine rings is 1. The lowest BCUT2D eigenvalue weighted by atomic mass is 10.1. The third-order valence-electron chi connectivity index (χ3n) is 3.60. The van der Waals surface area contributed by atoms with E-state index in [9.17, 15) is 10.1 Å². The maximum atomic E-state index is 12.3. The molecule has 1 atom stereocenters. The first kappa shape index (κ1) is 15.7. The molecule has 0 aromatic carbocycles. The van der Waals surface area contributed by atoms with Gasteiger partial charge in [-0.3, -0.25) is 9.69 Å². The molecule has 1 aromatic heterocycles. The third kappa shape index (κ3) is 3.90. The van der Waals surface area contributed by atoms with Crippen LogP contribution in [0.3, 0.4) is 0 Å². The van der Waals surface area contributed by atoms with Crippen LogP contribution in [0, 0.1) is 11.3 Å². The van der Waals surface area contributed by atoms with E-state index < -0.39 is 0 Å². The number of nitrogens with zero attached hydrogens (tertiary/aromatic N) is 5. The van der Waals surface area contributed by atoms with Gasteiger partial charge in [0, 0.05) is 26.2 Å². The summed E-state index contributed by atoms with van der Waals surface area (Å²) in [5.74, 6) is -0.136. The summed E-state index contributed by atoms with van der Waals surface area (Å²) in [5, 5.41) is 17.0. The Morgan fingerprint density at radius 2 is 2.10 bits per heavy atom. The lowest BCUT2D eigenvalue weighted by Crippen LogP contribution is -2.51. The van der Waals surface area contributed by atoms with E-state index in [-0.39, 0.29) is 17.1 Å². The minimum absolute atomic E-state index is 0.0532. The predicted molar refractivity (Wildman–Crippen MR) is 78.8 cm³/mol. The molecule has 112 valence electrons. The van der Waals surface area contributed by atoms with Crippen molar-refractivity contribution >= 4 is 17.5 Å². The van der Waals surface area contributed by atoms with Gasteiger partial charge in [-0.25, -0.2) is 0 Å². The van der Waals surface area contributed by atoms with Gasteiger partial charge in [0.2, 0.25) is 0 Å². The molecule has 0 radical (unpaired) electrons. The topological polar surface area (TPSA) is 73.1 Å². The molecule has 0 bridgehead atoms. The van der Waals surface area contributed by atoms with Crippen LogP contribution in [0.4, 0.5) is 0 Å². The number of amides is 1. The number of rotatable bonds is 4. The van der Waals surface area contributed by atoms with Crippen LogP contribution >= 0.6 is 11.6 Å². The highest BCUT2D eigenvalue weighted by molar-refractivity contribution is 6.29. The van der Waals surface area contributed by atoms with Crippen molar-refractivity contribution in [3.8, 4) is 6.07 Å². The number of hydrogen-bond donors (Lipinski definition) is 0. The maximum absolute atomic E-state index is 12.3. The second-order valence-electron chi connectivity index (χ2n) is 5.00. The molecule has 0 N–H and O–H groups in total. The second kappa shape index (κ2) is 7.34. The van der Waals surface area contributed by atoms with Crippen molar-refractivity contribution < 1.29 is 4.79 Å². The quantitative estimate of drug-likeness (QED) is 0.844. The predicted octanol–water partition coefficient (Wildman–Crippen LogP) is 1.58. The monoisotopic (exact) mass is 307 g/mol. The van der Waals surface area contributed by atoms with Crippen LogP contribution in [-0.2, 0) is 0 Å². The van der Waals surface area contributed by atoms with Crippen molar-refractivity contribution in [3.63, 3.8) is 0 Å². The van der Waals surface area contributed by atoms with Crippen LogP contribution in [0.5, 0.6) is 0 Å². The standard InChI is InChI=1S/C14H18ClN5O/c1-2-3-11(10-16)19-6-8-20(9-7-19)14(21)12-4-5-13(15)18-17-12/h4-5,11H,2-3,6-9H2,1H3. The van der Waals surface area contributed by atoms with Crippen LogP contribution < -0.4 is 0 Å². The summed E-state index contributed by atoms with van der Waals surface area (Å²) in [7, 11) is 0. The van der Waals surface area contributed by atoms with Gasteiger partial charge in [0.15, 0.2) is 10.8 Å². The van der Waals surface area contributed by atoms with Gasteiger partial charge in [-0.15, -0.1) is 10.2 Å². The van der Waals surface area contributed by atoms with Crippen molar-refractivity contribution in [2.24, 2.45) is 0 Å². The highest BCUT2D eigenvalue weighted by Gasteiger charge is 2.26. The first-order chi connectivity index (χ1) is 10.2. The molecule has 0 aliphatic carbocycles. The Kier molecular flexibility index (Phi) is 5.48. The van der Waals surface area contributed by atoms with Gasteiger partial charge < -0.3 is 4.90 Å². The molecular weight excluding hydrogens is 290 g/mol. The van der Waals surface area contributed by atoms with Crippen molar-refractivity contribution in [2.45, 2.75) is 25.8 Å². The van der Waals surface area contributed by atoms with Crippen molar-refractivity contribution in [2.75, 3.05) is 26.2 Å². The molecule has 1 aliphatic rings.